The molecule has 5 nitrogen and oxygen atoms in total. The maximum Gasteiger partial charge on any atom is 0.410 e. The molecule has 29 heavy (non-hydrogen) atoms. The first-order chi connectivity index (χ1) is 14.1. The number of hydrogen-bond acceptors (Lipinski definition) is 4. The Bertz CT molecular complexity index is 781. The van der Waals surface area contributed by atoms with E-state index in [2.05, 4.69) is 12.1 Å². The Morgan fingerprint density at radius 1 is 1.00 bits per heavy atom. The second-order valence-electron chi connectivity index (χ2n) is 8.26. The molecule has 2 atom stereocenters. The van der Waals surface area contributed by atoms with Gasteiger partial charge in [0.1, 0.15) is 6.61 Å². The fourth-order valence-electron chi connectivity index (χ4n) is 4.64. The molecule has 2 fully saturated rings. The van der Waals surface area contributed by atoms with Crippen molar-refractivity contribution in [1.82, 2.24) is 4.90 Å². The summed E-state index contributed by atoms with van der Waals surface area (Å²) >= 11 is 0. The summed E-state index contributed by atoms with van der Waals surface area (Å²) in [5, 5.41) is 11.2. The van der Waals surface area contributed by atoms with Crippen molar-refractivity contribution in [3.05, 3.63) is 71.8 Å². The lowest BCUT2D eigenvalue weighted by atomic mass is 9.78. The molecule has 2 aromatic carbocycles. The van der Waals surface area contributed by atoms with Gasteiger partial charge in [0.15, 0.2) is 0 Å². The number of morpholine rings is 1. The van der Waals surface area contributed by atoms with E-state index in [1.807, 2.05) is 48.5 Å². The van der Waals surface area contributed by atoms with Crippen LogP contribution in [0.25, 0.3) is 0 Å². The topological polar surface area (TPSA) is 59.0 Å². The molecule has 4 rings (SSSR count). The van der Waals surface area contributed by atoms with E-state index in [-0.39, 0.29) is 24.8 Å². The average Bonchev–Trinajstić information content (AvgIpc) is 2.73. The maximum atomic E-state index is 12.8. The van der Waals surface area contributed by atoms with Gasteiger partial charge in [-0.1, -0.05) is 60.7 Å². The van der Waals surface area contributed by atoms with Crippen LogP contribution < -0.4 is 0 Å². The van der Waals surface area contributed by atoms with Crippen LogP contribution in [0.4, 0.5) is 4.79 Å². The van der Waals surface area contributed by atoms with Crippen molar-refractivity contribution in [3.63, 3.8) is 0 Å². The second-order valence-corrected chi connectivity index (χ2v) is 8.26. The Labute approximate surface area is 172 Å². The smallest absolute Gasteiger partial charge is 0.410 e. The molecule has 1 amide bonds. The third kappa shape index (κ3) is 4.98. The van der Waals surface area contributed by atoms with Crippen molar-refractivity contribution in [2.24, 2.45) is 0 Å². The highest BCUT2D eigenvalue weighted by Gasteiger charge is 2.48. The molecule has 5 heteroatoms. The number of nitrogens with zero attached hydrogens (tertiary/aromatic N) is 1. The first kappa shape index (κ1) is 19.9. The minimum Gasteiger partial charge on any atom is -0.445 e. The third-order valence-electron chi connectivity index (χ3n) is 6.00. The monoisotopic (exact) mass is 395 g/mol. The van der Waals surface area contributed by atoms with Crippen LogP contribution in [0, 0.1) is 0 Å². The van der Waals surface area contributed by atoms with E-state index in [4.69, 9.17) is 9.47 Å². The van der Waals surface area contributed by atoms with Gasteiger partial charge in [0.2, 0.25) is 0 Å². The van der Waals surface area contributed by atoms with Crippen LogP contribution in [0.3, 0.4) is 0 Å². The summed E-state index contributed by atoms with van der Waals surface area (Å²) in [4.78, 5) is 14.6. The van der Waals surface area contributed by atoms with Crippen molar-refractivity contribution in [2.45, 2.75) is 56.4 Å². The van der Waals surface area contributed by atoms with Crippen molar-refractivity contribution < 1.29 is 19.4 Å². The van der Waals surface area contributed by atoms with Crippen LogP contribution in [-0.2, 0) is 22.5 Å². The van der Waals surface area contributed by atoms with Gasteiger partial charge in [-0.2, -0.15) is 0 Å². The normalized spacial score (nSPS) is 26.2. The van der Waals surface area contributed by atoms with Crippen LogP contribution in [0.15, 0.2) is 60.7 Å². The molecular weight excluding hydrogens is 366 g/mol. The van der Waals surface area contributed by atoms with Gasteiger partial charge in [-0.25, -0.2) is 4.79 Å². The molecule has 1 N–H and O–H groups in total. The SMILES string of the molecule is O=C(OCc1ccccc1)N1C2COCC1CC(O)(CCCc1ccccc1)C2. The molecule has 2 aromatic rings. The predicted molar refractivity (Wildman–Crippen MR) is 110 cm³/mol. The summed E-state index contributed by atoms with van der Waals surface area (Å²) in [5.74, 6) is 0. The molecule has 2 aliphatic rings. The molecule has 0 aliphatic carbocycles. The Balaban J connectivity index is 1.33. The molecule has 2 heterocycles. The largest absolute Gasteiger partial charge is 0.445 e. The van der Waals surface area contributed by atoms with E-state index < -0.39 is 5.60 Å². The third-order valence-corrected chi connectivity index (χ3v) is 6.00. The summed E-state index contributed by atoms with van der Waals surface area (Å²) in [6.45, 7) is 1.17. The minimum atomic E-state index is -0.746. The molecule has 0 radical (unpaired) electrons. The van der Waals surface area contributed by atoms with Crippen LogP contribution in [0.1, 0.15) is 36.8 Å². The van der Waals surface area contributed by atoms with Crippen molar-refractivity contribution in [2.75, 3.05) is 13.2 Å². The summed E-state index contributed by atoms with van der Waals surface area (Å²) in [6.07, 6.45) is 3.40. The van der Waals surface area contributed by atoms with Gasteiger partial charge in [0.05, 0.1) is 30.9 Å². The molecule has 0 spiro atoms. The first-order valence-corrected chi connectivity index (χ1v) is 10.5. The fourth-order valence-corrected chi connectivity index (χ4v) is 4.64. The summed E-state index contributed by atoms with van der Waals surface area (Å²) in [6, 6.07) is 19.8. The standard InChI is InChI=1S/C24H29NO4/c26-23(29-16-20-10-5-2-6-11-20)25-21-14-24(27,15-22(25)18-28-17-21)13-7-12-19-8-3-1-4-9-19/h1-6,8-11,21-22,27H,7,12-18H2. The molecule has 0 aromatic heterocycles. The molecule has 2 unspecified atom stereocenters. The van der Waals surface area contributed by atoms with Gasteiger partial charge in [0, 0.05) is 0 Å². The van der Waals surface area contributed by atoms with E-state index >= 15 is 0 Å². The number of piperidine rings is 1. The van der Waals surface area contributed by atoms with E-state index in [9.17, 15) is 9.90 Å². The minimum absolute atomic E-state index is 0.132. The van der Waals surface area contributed by atoms with E-state index in [1.54, 1.807) is 4.90 Å². The van der Waals surface area contributed by atoms with Crippen LogP contribution in [0.2, 0.25) is 0 Å². The second kappa shape index (κ2) is 8.97. The summed E-state index contributed by atoms with van der Waals surface area (Å²) in [7, 11) is 0. The Kier molecular flexibility index (Phi) is 6.16. The molecule has 2 bridgehead atoms. The Hall–Kier alpha value is -2.37. The number of aliphatic hydroxyl groups is 1. The fraction of sp³-hybridized carbons (Fsp3) is 0.458. The van der Waals surface area contributed by atoms with E-state index in [0.717, 1.165) is 24.8 Å². The number of fused-ring (bicyclic) bond motifs is 2. The van der Waals surface area contributed by atoms with Crippen LogP contribution in [0.5, 0.6) is 0 Å². The number of benzene rings is 2. The summed E-state index contributed by atoms with van der Waals surface area (Å²) in [5.41, 5.74) is 1.52. The highest BCUT2D eigenvalue weighted by atomic mass is 16.6. The number of ether oxygens (including phenoxy) is 2. The summed E-state index contributed by atoms with van der Waals surface area (Å²) < 4.78 is 11.2. The number of aryl methyl sites for hydroxylation is 1. The Morgan fingerprint density at radius 2 is 1.59 bits per heavy atom. The first-order valence-electron chi connectivity index (χ1n) is 10.5. The number of hydrogen-bond donors (Lipinski definition) is 1. The number of amides is 1. The molecular formula is C24H29NO4. The van der Waals surface area contributed by atoms with Gasteiger partial charge in [-0.05, 0) is 43.2 Å². The van der Waals surface area contributed by atoms with Gasteiger partial charge in [-0.15, -0.1) is 0 Å². The molecule has 2 aliphatic heterocycles. The molecule has 2 saturated heterocycles. The number of rotatable bonds is 6. The molecule has 154 valence electrons. The molecule has 0 saturated carbocycles. The van der Waals surface area contributed by atoms with Gasteiger partial charge in [0.25, 0.3) is 0 Å². The number of carbonyl (C=O) groups is 1. The lowest BCUT2D eigenvalue weighted by Gasteiger charge is -2.51. The lowest BCUT2D eigenvalue weighted by molar-refractivity contribution is -0.136. The Morgan fingerprint density at radius 3 is 2.21 bits per heavy atom. The number of carbonyl (C=O) groups excluding carboxylic acids is 1. The predicted octanol–water partition coefficient (Wildman–Crippen LogP) is 3.94. The zero-order valence-corrected chi connectivity index (χ0v) is 16.7. The van der Waals surface area contributed by atoms with Gasteiger partial charge in [-0.3, -0.25) is 4.90 Å². The zero-order valence-electron chi connectivity index (χ0n) is 16.7. The quantitative estimate of drug-likeness (QED) is 0.805. The van der Waals surface area contributed by atoms with Crippen molar-refractivity contribution >= 4 is 6.09 Å². The average molecular weight is 395 g/mol. The van der Waals surface area contributed by atoms with Crippen molar-refractivity contribution in [3.8, 4) is 0 Å². The van der Waals surface area contributed by atoms with Gasteiger partial charge >= 0.3 is 6.09 Å². The van der Waals surface area contributed by atoms with E-state index in [1.165, 1.54) is 5.56 Å². The van der Waals surface area contributed by atoms with Crippen LogP contribution >= 0.6 is 0 Å². The zero-order chi connectivity index (χ0) is 20.1. The highest BCUT2D eigenvalue weighted by molar-refractivity contribution is 5.69. The van der Waals surface area contributed by atoms with Crippen LogP contribution in [-0.4, -0.2) is 47.0 Å². The maximum absolute atomic E-state index is 12.8. The van der Waals surface area contributed by atoms with Gasteiger partial charge < -0.3 is 14.6 Å². The lowest BCUT2D eigenvalue weighted by Crippen LogP contribution is -2.63. The van der Waals surface area contributed by atoms with E-state index in [0.29, 0.717) is 26.1 Å². The highest BCUT2D eigenvalue weighted by Crippen LogP contribution is 2.38. The van der Waals surface area contributed by atoms with Crippen molar-refractivity contribution in [1.29, 1.82) is 0 Å².